The van der Waals surface area contributed by atoms with E-state index in [4.69, 9.17) is 5.73 Å². The highest BCUT2D eigenvalue weighted by atomic mass is 32.2. The second-order valence-electron chi connectivity index (χ2n) is 5.28. The second-order valence-corrected chi connectivity index (χ2v) is 8.80. The first kappa shape index (κ1) is 14.2. The van der Waals surface area contributed by atoms with Gasteiger partial charge in [0, 0.05) is 16.7 Å². The summed E-state index contributed by atoms with van der Waals surface area (Å²) >= 11 is 5.13. The lowest BCUT2D eigenvalue weighted by molar-refractivity contribution is 0.635. The average molecular weight is 327 g/mol. The molecule has 2 aromatic rings. The molecular formula is C13H18N4S3. The van der Waals surface area contributed by atoms with Crippen LogP contribution >= 0.6 is 34.6 Å². The standard InChI is InChI=1S/C13H18N4S3/c1-8-16-9(6-18-8)10-11(14)17-20-12(10)15-7-13(2)4-3-5-19-13/h6,15H,3-5,7H2,1-2H3,(H2,14,17). The second kappa shape index (κ2) is 5.54. The Labute approximate surface area is 131 Å². The van der Waals surface area contributed by atoms with E-state index in [9.17, 15) is 0 Å². The number of thiazole rings is 1. The number of thioether (sulfide) groups is 1. The van der Waals surface area contributed by atoms with Crippen molar-refractivity contribution in [1.29, 1.82) is 0 Å². The summed E-state index contributed by atoms with van der Waals surface area (Å²) in [5.41, 5.74) is 7.92. The number of hydrogen-bond acceptors (Lipinski definition) is 7. The minimum absolute atomic E-state index is 0.327. The van der Waals surface area contributed by atoms with Crippen molar-refractivity contribution in [2.24, 2.45) is 0 Å². The van der Waals surface area contributed by atoms with Crippen LogP contribution in [0.2, 0.25) is 0 Å². The van der Waals surface area contributed by atoms with Gasteiger partial charge in [-0.1, -0.05) is 0 Å². The Hall–Kier alpha value is -0.790. The molecule has 3 N–H and O–H groups in total. The Kier molecular flexibility index (Phi) is 3.92. The normalized spacial score (nSPS) is 22.3. The van der Waals surface area contributed by atoms with Crippen LogP contribution in [0.1, 0.15) is 24.8 Å². The highest BCUT2D eigenvalue weighted by Crippen LogP contribution is 2.41. The third-order valence-corrected chi connectivity index (χ3v) is 6.65. The fourth-order valence-electron chi connectivity index (χ4n) is 2.39. The molecule has 1 atom stereocenters. The molecule has 0 aromatic carbocycles. The molecule has 1 aliphatic rings. The molecule has 0 saturated carbocycles. The maximum absolute atomic E-state index is 6.02. The van der Waals surface area contributed by atoms with Crippen LogP contribution in [0.15, 0.2) is 5.38 Å². The monoisotopic (exact) mass is 326 g/mol. The van der Waals surface area contributed by atoms with Crippen molar-refractivity contribution in [3.8, 4) is 11.3 Å². The molecule has 1 fully saturated rings. The topological polar surface area (TPSA) is 63.8 Å². The summed E-state index contributed by atoms with van der Waals surface area (Å²) < 4.78 is 4.61. The van der Waals surface area contributed by atoms with Gasteiger partial charge in [-0.2, -0.15) is 16.1 Å². The Bertz CT molecular complexity index is 599. The Morgan fingerprint density at radius 3 is 3.00 bits per heavy atom. The Morgan fingerprint density at radius 1 is 1.50 bits per heavy atom. The molecule has 0 spiro atoms. The number of nitrogens with one attached hydrogen (secondary N) is 1. The van der Waals surface area contributed by atoms with Gasteiger partial charge < -0.3 is 11.1 Å². The minimum Gasteiger partial charge on any atom is -0.382 e. The molecule has 0 aliphatic carbocycles. The Balaban J connectivity index is 1.80. The number of hydrogen-bond donors (Lipinski definition) is 2. The lowest BCUT2D eigenvalue weighted by Crippen LogP contribution is -2.26. The van der Waals surface area contributed by atoms with Gasteiger partial charge in [0.05, 0.1) is 16.3 Å². The summed E-state index contributed by atoms with van der Waals surface area (Å²) in [7, 11) is 0. The third-order valence-electron chi connectivity index (χ3n) is 3.52. The SMILES string of the molecule is Cc1nc(-c2c(N)nsc2NCC2(C)CCCS2)cs1. The smallest absolute Gasteiger partial charge is 0.148 e. The van der Waals surface area contributed by atoms with E-state index in [1.54, 1.807) is 11.3 Å². The number of aryl methyl sites for hydroxylation is 1. The summed E-state index contributed by atoms with van der Waals surface area (Å²) in [4.78, 5) is 4.53. The highest BCUT2D eigenvalue weighted by molar-refractivity contribution is 8.00. The van der Waals surface area contributed by atoms with E-state index in [0.717, 1.165) is 27.8 Å². The van der Waals surface area contributed by atoms with Crippen LogP contribution < -0.4 is 11.1 Å². The predicted octanol–water partition coefficient (Wildman–Crippen LogP) is 3.85. The highest BCUT2D eigenvalue weighted by Gasteiger charge is 2.30. The summed E-state index contributed by atoms with van der Waals surface area (Å²) in [5.74, 6) is 1.84. The molecule has 4 nitrogen and oxygen atoms in total. The number of nitrogens with two attached hydrogens (primary N) is 1. The van der Waals surface area contributed by atoms with E-state index in [-0.39, 0.29) is 0 Å². The molecule has 0 amide bonds. The summed E-state index contributed by atoms with van der Waals surface area (Å²) in [6.07, 6.45) is 2.58. The number of aromatic nitrogens is 2. The van der Waals surface area contributed by atoms with Crippen LogP contribution in [0.5, 0.6) is 0 Å². The fraction of sp³-hybridized carbons (Fsp3) is 0.538. The van der Waals surface area contributed by atoms with Crippen LogP contribution in [0, 0.1) is 6.92 Å². The lowest BCUT2D eigenvalue weighted by Gasteiger charge is -2.23. The van der Waals surface area contributed by atoms with E-state index in [0.29, 0.717) is 10.6 Å². The summed E-state index contributed by atoms with van der Waals surface area (Å²) in [6.45, 7) is 5.29. The number of anilines is 2. The van der Waals surface area contributed by atoms with Gasteiger partial charge in [-0.15, -0.1) is 11.3 Å². The first-order valence-electron chi connectivity index (χ1n) is 6.63. The molecule has 1 saturated heterocycles. The van der Waals surface area contributed by atoms with Gasteiger partial charge in [-0.25, -0.2) is 4.98 Å². The molecule has 3 heterocycles. The maximum atomic E-state index is 6.02. The van der Waals surface area contributed by atoms with Crippen molar-refractivity contribution in [3.05, 3.63) is 10.4 Å². The van der Waals surface area contributed by atoms with Crippen molar-refractivity contribution in [1.82, 2.24) is 9.36 Å². The largest absolute Gasteiger partial charge is 0.382 e. The number of nitrogens with zero attached hydrogens (tertiary/aromatic N) is 2. The van der Waals surface area contributed by atoms with Crippen molar-refractivity contribution in [2.75, 3.05) is 23.3 Å². The van der Waals surface area contributed by atoms with Crippen LogP contribution in [-0.2, 0) is 0 Å². The van der Waals surface area contributed by atoms with Crippen molar-refractivity contribution < 1.29 is 0 Å². The van der Waals surface area contributed by atoms with Gasteiger partial charge in [0.1, 0.15) is 10.8 Å². The van der Waals surface area contributed by atoms with Gasteiger partial charge in [0.2, 0.25) is 0 Å². The molecule has 3 rings (SSSR count). The Morgan fingerprint density at radius 2 is 2.35 bits per heavy atom. The molecule has 1 unspecified atom stereocenters. The number of rotatable bonds is 4. The minimum atomic E-state index is 0.327. The zero-order valence-electron chi connectivity index (χ0n) is 11.6. The molecule has 7 heteroatoms. The van der Waals surface area contributed by atoms with Crippen LogP contribution in [0.4, 0.5) is 10.8 Å². The molecule has 108 valence electrons. The summed E-state index contributed by atoms with van der Waals surface area (Å²) in [6, 6.07) is 0. The van der Waals surface area contributed by atoms with Crippen molar-refractivity contribution in [3.63, 3.8) is 0 Å². The van der Waals surface area contributed by atoms with E-state index in [1.165, 1.54) is 30.1 Å². The molecule has 0 bridgehead atoms. The van der Waals surface area contributed by atoms with E-state index in [1.807, 2.05) is 12.3 Å². The first-order valence-corrected chi connectivity index (χ1v) is 9.27. The van der Waals surface area contributed by atoms with E-state index >= 15 is 0 Å². The molecule has 0 radical (unpaired) electrons. The van der Waals surface area contributed by atoms with E-state index in [2.05, 4.69) is 33.4 Å². The third kappa shape index (κ3) is 2.80. The molecule has 1 aliphatic heterocycles. The van der Waals surface area contributed by atoms with Crippen molar-refractivity contribution in [2.45, 2.75) is 31.4 Å². The quantitative estimate of drug-likeness (QED) is 0.893. The van der Waals surface area contributed by atoms with Crippen LogP contribution in [-0.4, -0.2) is 26.4 Å². The van der Waals surface area contributed by atoms with Gasteiger partial charge >= 0.3 is 0 Å². The fourth-order valence-corrected chi connectivity index (χ4v) is 4.96. The number of nitrogen functional groups attached to an aromatic ring is 1. The summed E-state index contributed by atoms with van der Waals surface area (Å²) in [5, 5.41) is 7.69. The average Bonchev–Trinajstić information content (AvgIpc) is 3.09. The van der Waals surface area contributed by atoms with Gasteiger partial charge in [0.25, 0.3) is 0 Å². The van der Waals surface area contributed by atoms with Gasteiger partial charge in [0.15, 0.2) is 0 Å². The predicted molar refractivity (Wildman–Crippen MR) is 91.0 cm³/mol. The maximum Gasteiger partial charge on any atom is 0.148 e. The zero-order chi connectivity index (χ0) is 14.2. The first-order chi connectivity index (χ1) is 9.57. The zero-order valence-corrected chi connectivity index (χ0v) is 14.1. The molecule has 2 aromatic heterocycles. The molecular weight excluding hydrogens is 308 g/mol. The van der Waals surface area contributed by atoms with Gasteiger partial charge in [-0.3, -0.25) is 0 Å². The lowest BCUT2D eigenvalue weighted by atomic mass is 10.1. The van der Waals surface area contributed by atoms with E-state index < -0.39 is 0 Å². The van der Waals surface area contributed by atoms with Crippen LogP contribution in [0.25, 0.3) is 11.3 Å². The van der Waals surface area contributed by atoms with Crippen LogP contribution in [0.3, 0.4) is 0 Å². The van der Waals surface area contributed by atoms with Gasteiger partial charge in [-0.05, 0) is 44.0 Å². The molecule has 20 heavy (non-hydrogen) atoms. The van der Waals surface area contributed by atoms with Crippen molar-refractivity contribution >= 4 is 45.5 Å².